The van der Waals surface area contributed by atoms with Gasteiger partial charge in [0.05, 0.1) is 5.92 Å². The lowest BCUT2D eigenvalue weighted by atomic mass is 9.89. The summed E-state index contributed by atoms with van der Waals surface area (Å²) in [6, 6.07) is 5.81. The third-order valence-corrected chi connectivity index (χ3v) is 2.89. The SMILES string of the molecule is C=CCC(C(=O)O)c1ccccc1CC(N)C(=O)O. The lowest BCUT2D eigenvalue weighted by Crippen LogP contribution is -2.32. The molecule has 1 rings (SSSR count). The molecule has 0 aliphatic carbocycles. The maximum atomic E-state index is 11.3. The van der Waals surface area contributed by atoms with Gasteiger partial charge in [-0.2, -0.15) is 0 Å². The van der Waals surface area contributed by atoms with Crippen molar-refractivity contribution in [3.63, 3.8) is 0 Å². The summed E-state index contributed by atoms with van der Waals surface area (Å²) in [7, 11) is 0. The van der Waals surface area contributed by atoms with Crippen molar-refractivity contribution in [1.29, 1.82) is 0 Å². The molecule has 2 atom stereocenters. The van der Waals surface area contributed by atoms with E-state index in [4.69, 9.17) is 10.8 Å². The molecule has 1 aromatic carbocycles. The molecule has 0 heterocycles. The topological polar surface area (TPSA) is 101 Å². The largest absolute Gasteiger partial charge is 0.481 e. The fraction of sp³-hybridized carbons (Fsp3) is 0.286. The highest BCUT2D eigenvalue weighted by atomic mass is 16.4. The molecule has 4 N–H and O–H groups in total. The highest BCUT2D eigenvalue weighted by molar-refractivity contribution is 5.77. The second kappa shape index (κ2) is 6.70. The Balaban J connectivity index is 3.09. The summed E-state index contributed by atoms with van der Waals surface area (Å²) < 4.78 is 0. The van der Waals surface area contributed by atoms with Crippen LogP contribution in [-0.2, 0) is 16.0 Å². The number of rotatable bonds is 7. The number of hydrogen-bond donors (Lipinski definition) is 3. The third-order valence-electron chi connectivity index (χ3n) is 2.89. The van der Waals surface area contributed by atoms with Crippen LogP contribution in [0.5, 0.6) is 0 Å². The number of carbonyl (C=O) groups is 2. The van der Waals surface area contributed by atoms with E-state index in [1.165, 1.54) is 6.08 Å². The van der Waals surface area contributed by atoms with Gasteiger partial charge < -0.3 is 15.9 Å². The van der Waals surface area contributed by atoms with E-state index in [2.05, 4.69) is 6.58 Å². The van der Waals surface area contributed by atoms with Crippen molar-refractivity contribution < 1.29 is 19.8 Å². The van der Waals surface area contributed by atoms with Gasteiger partial charge in [0, 0.05) is 0 Å². The van der Waals surface area contributed by atoms with Crippen molar-refractivity contribution in [1.82, 2.24) is 0 Å². The maximum absolute atomic E-state index is 11.3. The minimum Gasteiger partial charge on any atom is -0.481 e. The molecule has 0 bridgehead atoms. The quantitative estimate of drug-likeness (QED) is 0.645. The molecule has 0 radical (unpaired) electrons. The summed E-state index contributed by atoms with van der Waals surface area (Å²) >= 11 is 0. The molecule has 2 unspecified atom stereocenters. The molecule has 0 amide bonds. The molecule has 0 fully saturated rings. The molecule has 0 aliphatic rings. The summed E-state index contributed by atoms with van der Waals surface area (Å²) in [5, 5.41) is 18.1. The first kappa shape index (κ1) is 14.9. The van der Waals surface area contributed by atoms with Crippen molar-refractivity contribution in [2.45, 2.75) is 24.8 Å². The minimum absolute atomic E-state index is 0.104. The summed E-state index contributed by atoms with van der Waals surface area (Å²) in [6.07, 6.45) is 1.92. The molecule has 0 spiro atoms. The average Bonchev–Trinajstić information content (AvgIpc) is 2.36. The Kier molecular flexibility index (Phi) is 5.26. The highest BCUT2D eigenvalue weighted by Gasteiger charge is 2.23. The summed E-state index contributed by atoms with van der Waals surface area (Å²) in [5.41, 5.74) is 6.73. The molecule has 5 heteroatoms. The Labute approximate surface area is 111 Å². The van der Waals surface area contributed by atoms with Crippen molar-refractivity contribution in [3.05, 3.63) is 48.0 Å². The van der Waals surface area contributed by atoms with Crippen LogP contribution < -0.4 is 5.73 Å². The van der Waals surface area contributed by atoms with E-state index >= 15 is 0 Å². The smallest absolute Gasteiger partial charge is 0.320 e. The van der Waals surface area contributed by atoms with Gasteiger partial charge in [-0.1, -0.05) is 30.3 Å². The van der Waals surface area contributed by atoms with Gasteiger partial charge in [0.1, 0.15) is 6.04 Å². The zero-order valence-corrected chi connectivity index (χ0v) is 10.5. The fourth-order valence-electron chi connectivity index (χ4n) is 1.91. The first-order valence-electron chi connectivity index (χ1n) is 5.87. The van der Waals surface area contributed by atoms with E-state index in [9.17, 15) is 14.7 Å². The zero-order chi connectivity index (χ0) is 14.4. The fourth-order valence-corrected chi connectivity index (χ4v) is 1.91. The van der Waals surface area contributed by atoms with Gasteiger partial charge >= 0.3 is 11.9 Å². The van der Waals surface area contributed by atoms with E-state index in [1.807, 2.05) is 0 Å². The Morgan fingerprint density at radius 3 is 2.42 bits per heavy atom. The lowest BCUT2D eigenvalue weighted by Gasteiger charge is -2.16. The van der Waals surface area contributed by atoms with Crippen molar-refractivity contribution >= 4 is 11.9 Å². The normalized spacial score (nSPS) is 13.5. The molecule has 102 valence electrons. The van der Waals surface area contributed by atoms with Crippen molar-refractivity contribution in [2.24, 2.45) is 5.73 Å². The summed E-state index contributed by atoms with van der Waals surface area (Å²) in [4.78, 5) is 22.1. The molecule has 0 saturated carbocycles. The van der Waals surface area contributed by atoms with Gasteiger partial charge in [-0.3, -0.25) is 9.59 Å². The summed E-state index contributed by atoms with van der Waals surface area (Å²) in [6.45, 7) is 3.55. The molecule has 19 heavy (non-hydrogen) atoms. The van der Waals surface area contributed by atoms with E-state index in [1.54, 1.807) is 24.3 Å². The molecule has 0 aliphatic heterocycles. The molecule has 0 aromatic heterocycles. The van der Waals surface area contributed by atoms with Crippen LogP contribution in [0.15, 0.2) is 36.9 Å². The molecular formula is C14H17NO4. The van der Waals surface area contributed by atoms with E-state index in [-0.39, 0.29) is 12.8 Å². The van der Waals surface area contributed by atoms with Crippen LogP contribution in [0.1, 0.15) is 23.5 Å². The Morgan fingerprint density at radius 1 is 1.26 bits per heavy atom. The van der Waals surface area contributed by atoms with E-state index in [0.717, 1.165) is 0 Å². The van der Waals surface area contributed by atoms with Crippen LogP contribution in [0.25, 0.3) is 0 Å². The number of benzene rings is 1. The predicted octanol–water partition coefficient (Wildman–Crippen LogP) is 1.39. The molecule has 0 saturated heterocycles. The van der Waals surface area contributed by atoms with E-state index in [0.29, 0.717) is 11.1 Å². The number of allylic oxidation sites excluding steroid dienone is 1. The Hall–Kier alpha value is -2.14. The van der Waals surface area contributed by atoms with Crippen molar-refractivity contribution in [2.75, 3.05) is 0 Å². The number of carboxylic acids is 2. The van der Waals surface area contributed by atoms with Crippen LogP contribution in [-0.4, -0.2) is 28.2 Å². The van der Waals surface area contributed by atoms with Crippen LogP contribution in [0, 0.1) is 0 Å². The first-order chi connectivity index (χ1) is 8.97. The average molecular weight is 263 g/mol. The standard InChI is InChI=1S/C14H17NO4/c1-2-5-11(13(16)17)10-7-4-3-6-9(10)8-12(15)14(18)19/h2-4,6-7,11-12H,1,5,8,15H2,(H,16,17)(H,18,19). The van der Waals surface area contributed by atoms with Crippen molar-refractivity contribution in [3.8, 4) is 0 Å². The van der Waals surface area contributed by atoms with Gasteiger partial charge in [0.15, 0.2) is 0 Å². The molecular weight excluding hydrogens is 246 g/mol. The number of carboxylic acid groups (broad SMARTS) is 2. The van der Waals surface area contributed by atoms with Gasteiger partial charge in [-0.15, -0.1) is 6.58 Å². The zero-order valence-electron chi connectivity index (χ0n) is 10.5. The van der Waals surface area contributed by atoms with E-state index < -0.39 is 23.9 Å². The number of aliphatic carboxylic acids is 2. The molecule has 5 nitrogen and oxygen atoms in total. The first-order valence-corrected chi connectivity index (χ1v) is 5.87. The van der Waals surface area contributed by atoms with Crippen LogP contribution in [0.3, 0.4) is 0 Å². The third kappa shape index (κ3) is 3.93. The van der Waals surface area contributed by atoms with Gasteiger partial charge in [-0.05, 0) is 24.0 Å². The van der Waals surface area contributed by atoms with Crippen LogP contribution in [0.4, 0.5) is 0 Å². The van der Waals surface area contributed by atoms with Crippen LogP contribution >= 0.6 is 0 Å². The monoisotopic (exact) mass is 263 g/mol. The molecule has 1 aromatic rings. The van der Waals surface area contributed by atoms with Gasteiger partial charge in [0.2, 0.25) is 0 Å². The second-order valence-electron chi connectivity index (χ2n) is 4.26. The minimum atomic E-state index is -1.11. The maximum Gasteiger partial charge on any atom is 0.320 e. The van der Waals surface area contributed by atoms with Gasteiger partial charge in [0.25, 0.3) is 0 Å². The Morgan fingerprint density at radius 2 is 1.89 bits per heavy atom. The Bertz CT molecular complexity index is 484. The number of hydrogen-bond acceptors (Lipinski definition) is 3. The summed E-state index contributed by atoms with van der Waals surface area (Å²) in [5.74, 6) is -2.80. The predicted molar refractivity (Wildman–Crippen MR) is 70.9 cm³/mol. The number of nitrogens with two attached hydrogens (primary N) is 1. The second-order valence-corrected chi connectivity index (χ2v) is 4.26. The van der Waals surface area contributed by atoms with Crippen LogP contribution in [0.2, 0.25) is 0 Å². The van der Waals surface area contributed by atoms with Gasteiger partial charge in [-0.25, -0.2) is 0 Å². The highest BCUT2D eigenvalue weighted by Crippen LogP contribution is 2.25. The lowest BCUT2D eigenvalue weighted by molar-refractivity contribution is -0.139.